The molecule has 0 aliphatic rings. The Balaban J connectivity index is 2.04. The van der Waals surface area contributed by atoms with E-state index in [1.54, 1.807) is 37.3 Å². The number of hydrogen-bond donors (Lipinski definition) is 1. The summed E-state index contributed by atoms with van der Waals surface area (Å²) < 4.78 is 2.48. The summed E-state index contributed by atoms with van der Waals surface area (Å²) in [4.78, 5) is 37.5. The number of anilines is 1. The Bertz CT molecular complexity index is 1060. The molecule has 0 bridgehead atoms. The molecule has 3 aromatic rings. The highest BCUT2D eigenvalue weighted by Crippen LogP contribution is 2.13. The fourth-order valence-electron chi connectivity index (χ4n) is 2.85. The minimum absolute atomic E-state index is 0.159. The molecule has 0 saturated heterocycles. The van der Waals surface area contributed by atoms with E-state index in [0.717, 1.165) is 10.1 Å². The lowest BCUT2D eigenvalue weighted by molar-refractivity contribution is -0.116. The molecule has 0 aliphatic heterocycles. The van der Waals surface area contributed by atoms with Gasteiger partial charge in [0.25, 0.3) is 5.56 Å². The van der Waals surface area contributed by atoms with Gasteiger partial charge in [-0.1, -0.05) is 30.3 Å². The SMILES string of the molecule is CCn1c(=O)c2ccccc2n(CC(=O)Nc2ccccc2C)c1=O. The minimum Gasteiger partial charge on any atom is -0.324 e. The Hall–Kier alpha value is -3.15. The second kappa shape index (κ2) is 6.76. The number of amides is 1. The Morgan fingerprint density at radius 2 is 1.68 bits per heavy atom. The maximum atomic E-state index is 12.6. The van der Waals surface area contributed by atoms with E-state index in [0.29, 0.717) is 16.6 Å². The topological polar surface area (TPSA) is 73.1 Å². The van der Waals surface area contributed by atoms with Gasteiger partial charge in [-0.25, -0.2) is 4.79 Å². The molecule has 0 atom stereocenters. The lowest BCUT2D eigenvalue weighted by Crippen LogP contribution is -2.41. The standard InChI is InChI=1S/C19H19N3O3/c1-3-21-18(24)14-9-5-7-11-16(14)22(19(21)25)12-17(23)20-15-10-6-4-8-13(15)2/h4-11H,3,12H2,1-2H3,(H,20,23). The number of aryl methyl sites for hydroxylation is 1. The number of carbonyl (C=O) groups excluding carboxylic acids is 1. The molecule has 1 heterocycles. The highest BCUT2D eigenvalue weighted by atomic mass is 16.2. The largest absolute Gasteiger partial charge is 0.331 e. The summed E-state index contributed by atoms with van der Waals surface area (Å²) in [6.07, 6.45) is 0. The zero-order valence-electron chi connectivity index (χ0n) is 14.2. The van der Waals surface area contributed by atoms with Crippen molar-refractivity contribution in [1.82, 2.24) is 9.13 Å². The lowest BCUT2D eigenvalue weighted by atomic mass is 10.2. The third-order valence-electron chi connectivity index (χ3n) is 4.17. The molecular weight excluding hydrogens is 318 g/mol. The summed E-state index contributed by atoms with van der Waals surface area (Å²) in [5.74, 6) is -0.317. The summed E-state index contributed by atoms with van der Waals surface area (Å²) in [5.41, 5.74) is 1.28. The van der Waals surface area contributed by atoms with Gasteiger partial charge in [-0.3, -0.25) is 18.7 Å². The number of fused-ring (bicyclic) bond motifs is 1. The van der Waals surface area contributed by atoms with Gasteiger partial charge in [-0.05, 0) is 37.6 Å². The van der Waals surface area contributed by atoms with Crippen molar-refractivity contribution in [2.24, 2.45) is 0 Å². The van der Waals surface area contributed by atoms with Gasteiger partial charge in [-0.15, -0.1) is 0 Å². The molecule has 0 fully saturated rings. The van der Waals surface area contributed by atoms with E-state index in [4.69, 9.17) is 0 Å². The summed E-state index contributed by atoms with van der Waals surface area (Å²) in [6.45, 7) is 3.72. The van der Waals surface area contributed by atoms with Crippen LogP contribution in [0.5, 0.6) is 0 Å². The van der Waals surface area contributed by atoms with Gasteiger partial charge in [0.05, 0.1) is 10.9 Å². The normalized spacial score (nSPS) is 10.8. The van der Waals surface area contributed by atoms with E-state index >= 15 is 0 Å². The molecule has 0 saturated carbocycles. The molecule has 1 amide bonds. The van der Waals surface area contributed by atoms with Crippen LogP contribution in [-0.4, -0.2) is 15.0 Å². The third kappa shape index (κ3) is 3.10. The van der Waals surface area contributed by atoms with Crippen molar-refractivity contribution >= 4 is 22.5 Å². The van der Waals surface area contributed by atoms with Crippen LogP contribution in [0.1, 0.15) is 12.5 Å². The van der Waals surface area contributed by atoms with Gasteiger partial charge in [0, 0.05) is 12.2 Å². The Morgan fingerprint density at radius 3 is 2.40 bits per heavy atom. The second-order valence-corrected chi connectivity index (χ2v) is 5.80. The van der Waals surface area contributed by atoms with Crippen LogP contribution in [-0.2, 0) is 17.9 Å². The van der Waals surface area contributed by atoms with E-state index in [-0.39, 0.29) is 24.6 Å². The molecule has 0 radical (unpaired) electrons. The fraction of sp³-hybridized carbons (Fsp3) is 0.211. The van der Waals surface area contributed by atoms with Gasteiger partial charge < -0.3 is 5.32 Å². The number of para-hydroxylation sites is 2. The van der Waals surface area contributed by atoms with Crippen molar-refractivity contribution in [3.63, 3.8) is 0 Å². The molecule has 0 spiro atoms. The summed E-state index contributed by atoms with van der Waals surface area (Å²) in [5, 5.41) is 3.24. The summed E-state index contributed by atoms with van der Waals surface area (Å²) >= 11 is 0. The Labute approximate surface area is 144 Å². The number of hydrogen-bond acceptors (Lipinski definition) is 3. The number of rotatable bonds is 4. The highest BCUT2D eigenvalue weighted by Gasteiger charge is 2.14. The van der Waals surface area contributed by atoms with E-state index < -0.39 is 5.69 Å². The zero-order valence-corrected chi connectivity index (χ0v) is 14.2. The van der Waals surface area contributed by atoms with Gasteiger partial charge in [0.2, 0.25) is 5.91 Å². The van der Waals surface area contributed by atoms with Gasteiger partial charge in [0.1, 0.15) is 6.54 Å². The van der Waals surface area contributed by atoms with Crippen molar-refractivity contribution in [1.29, 1.82) is 0 Å². The Morgan fingerprint density at radius 1 is 1.00 bits per heavy atom. The van der Waals surface area contributed by atoms with E-state index in [9.17, 15) is 14.4 Å². The van der Waals surface area contributed by atoms with Crippen LogP contribution < -0.4 is 16.6 Å². The predicted molar refractivity (Wildman–Crippen MR) is 98.0 cm³/mol. The van der Waals surface area contributed by atoms with Crippen LogP contribution >= 0.6 is 0 Å². The maximum absolute atomic E-state index is 12.6. The average molecular weight is 337 g/mol. The maximum Gasteiger partial charge on any atom is 0.331 e. The number of nitrogens with zero attached hydrogens (tertiary/aromatic N) is 2. The molecule has 1 N–H and O–H groups in total. The smallest absolute Gasteiger partial charge is 0.324 e. The molecular formula is C19H19N3O3. The molecule has 25 heavy (non-hydrogen) atoms. The number of carbonyl (C=O) groups is 1. The minimum atomic E-state index is -0.480. The van der Waals surface area contributed by atoms with Crippen LogP contribution in [0.2, 0.25) is 0 Å². The first-order valence-corrected chi connectivity index (χ1v) is 8.10. The fourth-order valence-corrected chi connectivity index (χ4v) is 2.85. The van der Waals surface area contributed by atoms with Gasteiger partial charge in [0.15, 0.2) is 0 Å². The number of nitrogens with one attached hydrogen (secondary N) is 1. The van der Waals surface area contributed by atoms with E-state index in [1.165, 1.54) is 4.57 Å². The van der Waals surface area contributed by atoms with Crippen LogP contribution in [0.4, 0.5) is 5.69 Å². The molecule has 3 rings (SSSR count). The molecule has 128 valence electrons. The molecule has 2 aromatic carbocycles. The lowest BCUT2D eigenvalue weighted by Gasteiger charge is -2.14. The average Bonchev–Trinajstić information content (AvgIpc) is 2.61. The predicted octanol–water partition coefficient (Wildman–Crippen LogP) is 2.13. The monoisotopic (exact) mass is 337 g/mol. The number of aromatic nitrogens is 2. The first kappa shape index (κ1) is 16.7. The van der Waals surface area contributed by atoms with Gasteiger partial charge >= 0.3 is 5.69 Å². The molecule has 6 nitrogen and oxygen atoms in total. The van der Waals surface area contributed by atoms with Gasteiger partial charge in [-0.2, -0.15) is 0 Å². The molecule has 1 aromatic heterocycles. The second-order valence-electron chi connectivity index (χ2n) is 5.80. The van der Waals surface area contributed by atoms with Crippen molar-refractivity contribution in [3.05, 3.63) is 74.9 Å². The van der Waals surface area contributed by atoms with E-state index in [1.807, 2.05) is 25.1 Å². The zero-order chi connectivity index (χ0) is 18.0. The molecule has 0 aliphatic carbocycles. The van der Waals surface area contributed by atoms with Crippen molar-refractivity contribution in [3.8, 4) is 0 Å². The van der Waals surface area contributed by atoms with Crippen LogP contribution in [0, 0.1) is 6.92 Å². The van der Waals surface area contributed by atoms with E-state index in [2.05, 4.69) is 5.32 Å². The van der Waals surface area contributed by atoms with Crippen LogP contribution in [0.3, 0.4) is 0 Å². The molecule has 0 unspecified atom stereocenters. The van der Waals surface area contributed by atoms with Crippen LogP contribution in [0.25, 0.3) is 10.9 Å². The third-order valence-corrected chi connectivity index (χ3v) is 4.17. The summed E-state index contributed by atoms with van der Waals surface area (Å²) in [6, 6.07) is 14.3. The first-order valence-electron chi connectivity index (χ1n) is 8.10. The highest BCUT2D eigenvalue weighted by molar-refractivity contribution is 5.92. The molecule has 6 heteroatoms. The van der Waals surface area contributed by atoms with Crippen molar-refractivity contribution in [2.45, 2.75) is 26.9 Å². The Kier molecular flexibility index (Phi) is 4.52. The first-order chi connectivity index (χ1) is 12.0. The van der Waals surface area contributed by atoms with Crippen LogP contribution in [0.15, 0.2) is 58.1 Å². The van der Waals surface area contributed by atoms with Crippen molar-refractivity contribution in [2.75, 3.05) is 5.32 Å². The van der Waals surface area contributed by atoms with Crippen molar-refractivity contribution < 1.29 is 4.79 Å². The number of benzene rings is 2. The summed E-state index contributed by atoms with van der Waals surface area (Å²) in [7, 11) is 0. The quantitative estimate of drug-likeness (QED) is 0.793.